The first-order valence-corrected chi connectivity index (χ1v) is 10.3. The average Bonchev–Trinajstić information content (AvgIpc) is 3.20. The van der Waals surface area contributed by atoms with Gasteiger partial charge in [0.05, 0.1) is 27.9 Å². The lowest BCUT2D eigenvalue weighted by Crippen LogP contribution is -2.12. The summed E-state index contributed by atoms with van der Waals surface area (Å²) in [6.07, 6.45) is 0. The average molecular weight is 510 g/mol. The predicted molar refractivity (Wildman–Crippen MR) is 120 cm³/mol. The van der Waals surface area contributed by atoms with Crippen molar-refractivity contribution in [2.45, 2.75) is 13.5 Å². The molecule has 0 aliphatic rings. The van der Waals surface area contributed by atoms with Gasteiger partial charge in [-0.15, -0.1) is 0 Å². The van der Waals surface area contributed by atoms with E-state index in [1.54, 1.807) is 18.2 Å². The van der Waals surface area contributed by atoms with E-state index in [0.717, 1.165) is 5.56 Å². The summed E-state index contributed by atoms with van der Waals surface area (Å²) in [5.41, 5.74) is 1.49. The van der Waals surface area contributed by atoms with E-state index in [4.69, 9.17) is 71.9 Å². The van der Waals surface area contributed by atoms with Crippen LogP contribution in [0.5, 0.6) is 11.5 Å². The summed E-state index contributed by atoms with van der Waals surface area (Å²) in [4.78, 5) is 12.5. The Balaban J connectivity index is 1.74. The second kappa shape index (κ2) is 9.58. The summed E-state index contributed by atoms with van der Waals surface area (Å²) in [6.45, 7) is 1.83. The fourth-order valence-electron chi connectivity index (χ4n) is 2.54. The van der Waals surface area contributed by atoms with Gasteiger partial charge in [-0.3, -0.25) is 4.79 Å². The highest BCUT2D eigenvalue weighted by Crippen LogP contribution is 2.48. The standard InChI is InChI=1S/C20H14Cl5NO4/c1-9-3-5-12(28-2)11(7-9)26-20(27)13-6-4-10(30-13)8-29-19-17(24)15(22)14(21)16(23)18(19)25/h3-7H,8H2,1-2H3,(H,26,27). The predicted octanol–water partition coefficient (Wildman–Crippen LogP) is 7.69. The maximum absolute atomic E-state index is 12.5. The molecule has 0 fully saturated rings. The summed E-state index contributed by atoms with van der Waals surface area (Å²) in [7, 11) is 1.52. The van der Waals surface area contributed by atoms with Gasteiger partial charge in [-0.2, -0.15) is 0 Å². The number of ether oxygens (including phenoxy) is 2. The molecular weight excluding hydrogens is 495 g/mol. The van der Waals surface area contributed by atoms with Crippen molar-refractivity contribution in [3.05, 3.63) is 72.5 Å². The van der Waals surface area contributed by atoms with Crippen LogP contribution in [0.15, 0.2) is 34.7 Å². The van der Waals surface area contributed by atoms with E-state index in [2.05, 4.69) is 5.32 Å². The van der Waals surface area contributed by atoms with Gasteiger partial charge in [0.1, 0.15) is 28.2 Å². The molecule has 0 saturated heterocycles. The second-order valence-electron chi connectivity index (χ2n) is 6.11. The number of furan rings is 1. The number of rotatable bonds is 6. The number of benzene rings is 2. The van der Waals surface area contributed by atoms with Crippen LogP contribution in [0.3, 0.4) is 0 Å². The van der Waals surface area contributed by atoms with Crippen LogP contribution in [0.1, 0.15) is 21.9 Å². The van der Waals surface area contributed by atoms with E-state index in [9.17, 15) is 4.79 Å². The van der Waals surface area contributed by atoms with E-state index in [1.807, 2.05) is 13.0 Å². The molecule has 1 N–H and O–H groups in total. The smallest absolute Gasteiger partial charge is 0.291 e. The van der Waals surface area contributed by atoms with Gasteiger partial charge in [-0.05, 0) is 36.8 Å². The molecule has 3 aromatic rings. The van der Waals surface area contributed by atoms with Crippen molar-refractivity contribution >= 4 is 69.6 Å². The van der Waals surface area contributed by atoms with Gasteiger partial charge in [0.15, 0.2) is 11.5 Å². The highest BCUT2D eigenvalue weighted by molar-refractivity contribution is 6.55. The number of nitrogens with one attached hydrogen (secondary N) is 1. The SMILES string of the molecule is COc1ccc(C)cc1NC(=O)c1ccc(COc2c(Cl)c(Cl)c(Cl)c(Cl)c2Cl)o1. The Bertz CT molecular complexity index is 1080. The maximum Gasteiger partial charge on any atom is 0.291 e. The van der Waals surface area contributed by atoms with Gasteiger partial charge in [0.2, 0.25) is 0 Å². The van der Waals surface area contributed by atoms with Crippen molar-refractivity contribution in [3.63, 3.8) is 0 Å². The van der Waals surface area contributed by atoms with E-state index in [0.29, 0.717) is 17.2 Å². The zero-order valence-electron chi connectivity index (χ0n) is 15.6. The zero-order valence-corrected chi connectivity index (χ0v) is 19.4. The minimum Gasteiger partial charge on any atom is -0.495 e. The molecule has 5 nitrogen and oxygen atoms in total. The molecule has 1 heterocycles. The van der Waals surface area contributed by atoms with Crippen LogP contribution in [0.2, 0.25) is 25.1 Å². The summed E-state index contributed by atoms with van der Waals surface area (Å²) in [6, 6.07) is 8.54. The van der Waals surface area contributed by atoms with Gasteiger partial charge in [0, 0.05) is 0 Å². The molecule has 158 valence electrons. The molecule has 0 radical (unpaired) electrons. The number of aryl methyl sites for hydroxylation is 1. The highest BCUT2D eigenvalue weighted by Gasteiger charge is 2.21. The minimum atomic E-state index is -0.446. The molecule has 0 aliphatic heterocycles. The van der Waals surface area contributed by atoms with Crippen molar-refractivity contribution in [3.8, 4) is 11.5 Å². The van der Waals surface area contributed by atoms with Crippen molar-refractivity contribution < 1.29 is 18.7 Å². The monoisotopic (exact) mass is 507 g/mol. The van der Waals surface area contributed by atoms with E-state index >= 15 is 0 Å². The first-order valence-electron chi connectivity index (χ1n) is 8.41. The van der Waals surface area contributed by atoms with Gasteiger partial charge in [-0.25, -0.2) is 0 Å². The molecule has 0 saturated carbocycles. The van der Waals surface area contributed by atoms with E-state index in [-0.39, 0.29) is 43.2 Å². The lowest BCUT2D eigenvalue weighted by Gasteiger charge is -2.13. The van der Waals surface area contributed by atoms with Crippen molar-refractivity contribution in [1.82, 2.24) is 0 Å². The van der Waals surface area contributed by atoms with Gasteiger partial charge in [-0.1, -0.05) is 64.1 Å². The molecule has 0 spiro atoms. The summed E-state index contributed by atoms with van der Waals surface area (Å²) < 4.78 is 16.4. The van der Waals surface area contributed by atoms with E-state index < -0.39 is 5.91 Å². The second-order valence-corrected chi connectivity index (χ2v) is 8.00. The van der Waals surface area contributed by atoms with Gasteiger partial charge < -0.3 is 19.2 Å². The first-order chi connectivity index (χ1) is 14.2. The van der Waals surface area contributed by atoms with Crippen LogP contribution in [0.25, 0.3) is 0 Å². The molecule has 1 aromatic heterocycles. The molecule has 2 aromatic carbocycles. The number of halogens is 5. The molecule has 1 amide bonds. The Labute approximate surface area is 197 Å². The van der Waals surface area contributed by atoms with Crippen molar-refractivity contribution in [2.75, 3.05) is 12.4 Å². The molecule has 0 unspecified atom stereocenters. The number of methoxy groups -OCH3 is 1. The van der Waals surface area contributed by atoms with Gasteiger partial charge >= 0.3 is 0 Å². The molecule has 0 bridgehead atoms. The van der Waals surface area contributed by atoms with Crippen LogP contribution in [-0.4, -0.2) is 13.0 Å². The molecular formula is C20H14Cl5NO4. The zero-order chi connectivity index (χ0) is 22.0. The van der Waals surface area contributed by atoms with Crippen LogP contribution in [0.4, 0.5) is 5.69 Å². The number of amides is 1. The summed E-state index contributed by atoms with van der Waals surface area (Å²) in [5, 5.41) is 2.87. The fraction of sp³-hybridized carbons (Fsp3) is 0.150. The molecule has 3 rings (SSSR count). The third-order valence-corrected chi connectivity index (χ3v) is 6.26. The number of hydrogen-bond donors (Lipinski definition) is 1. The largest absolute Gasteiger partial charge is 0.495 e. The molecule has 0 aliphatic carbocycles. The first kappa shape index (κ1) is 22.9. The number of carbonyl (C=O) groups is 1. The maximum atomic E-state index is 12.5. The molecule has 10 heteroatoms. The number of carbonyl (C=O) groups excluding carboxylic acids is 1. The Morgan fingerprint density at radius 3 is 2.23 bits per heavy atom. The lowest BCUT2D eigenvalue weighted by atomic mass is 10.2. The Hall–Kier alpha value is -1.76. The number of hydrogen-bond acceptors (Lipinski definition) is 4. The van der Waals surface area contributed by atoms with Crippen LogP contribution in [-0.2, 0) is 6.61 Å². The Morgan fingerprint density at radius 2 is 1.60 bits per heavy atom. The van der Waals surface area contributed by atoms with Crippen LogP contribution in [0, 0.1) is 6.92 Å². The highest BCUT2D eigenvalue weighted by atomic mass is 35.5. The molecule has 0 atom stereocenters. The van der Waals surface area contributed by atoms with Crippen LogP contribution >= 0.6 is 58.0 Å². The summed E-state index contributed by atoms with van der Waals surface area (Å²) >= 11 is 30.3. The quantitative estimate of drug-likeness (QED) is 0.273. The summed E-state index contributed by atoms with van der Waals surface area (Å²) in [5.74, 6) is 0.584. The Morgan fingerprint density at radius 1 is 0.967 bits per heavy atom. The van der Waals surface area contributed by atoms with E-state index in [1.165, 1.54) is 13.2 Å². The Kier molecular flexibility index (Phi) is 7.32. The van der Waals surface area contributed by atoms with Crippen molar-refractivity contribution in [2.24, 2.45) is 0 Å². The van der Waals surface area contributed by atoms with Gasteiger partial charge in [0.25, 0.3) is 5.91 Å². The third-order valence-electron chi connectivity index (χ3n) is 4.02. The topological polar surface area (TPSA) is 60.7 Å². The fourth-order valence-corrected chi connectivity index (χ4v) is 3.77. The number of anilines is 1. The van der Waals surface area contributed by atoms with Crippen LogP contribution < -0.4 is 14.8 Å². The normalized spacial score (nSPS) is 10.8. The lowest BCUT2D eigenvalue weighted by molar-refractivity contribution is 0.0992. The third kappa shape index (κ3) is 4.76. The van der Waals surface area contributed by atoms with Crippen molar-refractivity contribution in [1.29, 1.82) is 0 Å². The molecule has 30 heavy (non-hydrogen) atoms. The minimum absolute atomic E-state index is 0.0205.